The topological polar surface area (TPSA) is 34.0 Å². The average molecular weight is 433 g/mol. The van der Waals surface area contributed by atoms with Crippen LogP contribution in [0.15, 0.2) is 65.6 Å². The van der Waals surface area contributed by atoms with E-state index in [1.165, 1.54) is 0 Å². The Hall–Kier alpha value is -2.94. The van der Waals surface area contributed by atoms with Crippen molar-refractivity contribution in [3.8, 4) is 5.69 Å². The zero-order valence-electron chi connectivity index (χ0n) is 14.3. The van der Waals surface area contributed by atoms with Crippen molar-refractivity contribution in [1.29, 1.82) is 0 Å². The first-order chi connectivity index (χ1) is 13.5. The lowest BCUT2D eigenvalue weighted by atomic mass is 10.1. The number of para-hydroxylation sites is 1. The predicted octanol–water partition coefficient (Wildman–Crippen LogP) is 6.27. The molecule has 1 heterocycles. The molecule has 3 rings (SSSR count). The van der Waals surface area contributed by atoms with Gasteiger partial charge in [0.2, 0.25) is 0 Å². The zero-order chi connectivity index (χ0) is 21.4. The lowest BCUT2D eigenvalue weighted by Gasteiger charge is -2.18. The van der Waals surface area contributed by atoms with Crippen LogP contribution in [0.3, 0.4) is 0 Å². The number of alkyl halides is 6. The molecule has 1 aromatic heterocycles. The predicted molar refractivity (Wildman–Crippen MR) is 96.8 cm³/mol. The molecule has 1 N–H and O–H groups in total. The van der Waals surface area contributed by atoms with Crippen molar-refractivity contribution in [3.05, 3.63) is 87.3 Å². The van der Waals surface area contributed by atoms with Crippen LogP contribution in [-0.2, 0) is 12.4 Å². The molecule has 152 valence electrons. The summed E-state index contributed by atoms with van der Waals surface area (Å²) >= 11 is 5.66. The Morgan fingerprint density at radius 1 is 0.828 bits per heavy atom. The largest absolute Gasteiger partial charge is 0.417 e. The monoisotopic (exact) mass is 432 g/mol. The maximum atomic E-state index is 13.1. The Labute approximate surface area is 165 Å². The third kappa shape index (κ3) is 4.56. The van der Waals surface area contributed by atoms with E-state index in [9.17, 15) is 31.1 Å². The molecule has 3 nitrogen and oxygen atoms in total. The number of hydrogen-bond acceptors (Lipinski definition) is 2. The minimum atomic E-state index is -4.81. The maximum Gasteiger partial charge on any atom is 0.417 e. The van der Waals surface area contributed by atoms with Crippen LogP contribution in [0, 0.1) is 0 Å². The summed E-state index contributed by atoms with van der Waals surface area (Å²) in [7, 11) is 0. The second-order valence-electron chi connectivity index (χ2n) is 5.97. The van der Waals surface area contributed by atoms with Gasteiger partial charge < -0.3 is 5.32 Å². The third-order valence-corrected chi connectivity index (χ3v) is 4.21. The molecule has 0 amide bonds. The highest BCUT2D eigenvalue weighted by atomic mass is 35.5. The first-order valence-corrected chi connectivity index (χ1v) is 8.38. The van der Waals surface area contributed by atoms with Gasteiger partial charge >= 0.3 is 12.4 Å². The van der Waals surface area contributed by atoms with Crippen LogP contribution in [0.4, 0.5) is 37.7 Å². The molecule has 3 aromatic rings. The minimum absolute atomic E-state index is 0.219. The van der Waals surface area contributed by atoms with Crippen LogP contribution in [-0.4, -0.2) is 4.57 Å². The van der Waals surface area contributed by atoms with Crippen LogP contribution in [0.25, 0.3) is 5.69 Å². The standard InChI is InChI=1S/C19H11ClF6N2O/c20-14-8-12(19(24,25)26)10-28(17(14)29)16-7-6-11(18(21,22)23)9-15(16)27-13-4-2-1-3-5-13/h1-10,27H. The number of benzene rings is 2. The fourth-order valence-corrected chi connectivity index (χ4v) is 2.79. The van der Waals surface area contributed by atoms with Crippen molar-refractivity contribution < 1.29 is 26.3 Å². The van der Waals surface area contributed by atoms with E-state index in [2.05, 4.69) is 5.32 Å². The molecular weight excluding hydrogens is 422 g/mol. The van der Waals surface area contributed by atoms with E-state index < -0.39 is 34.1 Å². The molecule has 29 heavy (non-hydrogen) atoms. The fraction of sp³-hybridized carbons (Fsp3) is 0.105. The Bertz CT molecular complexity index is 1090. The van der Waals surface area contributed by atoms with Crippen LogP contribution >= 0.6 is 11.6 Å². The highest BCUT2D eigenvalue weighted by Gasteiger charge is 2.33. The summed E-state index contributed by atoms with van der Waals surface area (Å²) in [6, 6.07) is 10.8. The van der Waals surface area contributed by atoms with Crippen LogP contribution in [0.1, 0.15) is 11.1 Å². The van der Waals surface area contributed by atoms with Crippen LogP contribution in [0.2, 0.25) is 5.02 Å². The van der Waals surface area contributed by atoms with Crippen molar-refractivity contribution in [1.82, 2.24) is 4.57 Å². The van der Waals surface area contributed by atoms with Gasteiger partial charge in [0, 0.05) is 11.9 Å². The number of aromatic nitrogens is 1. The highest BCUT2D eigenvalue weighted by molar-refractivity contribution is 6.30. The molecule has 0 aliphatic carbocycles. The number of nitrogens with one attached hydrogen (secondary N) is 1. The molecule has 0 atom stereocenters. The molecule has 0 fully saturated rings. The molecule has 0 saturated carbocycles. The lowest BCUT2D eigenvalue weighted by molar-refractivity contribution is -0.138. The summed E-state index contributed by atoms with van der Waals surface area (Å²) < 4.78 is 79.4. The lowest BCUT2D eigenvalue weighted by Crippen LogP contribution is -2.22. The molecule has 0 saturated heterocycles. The molecule has 0 bridgehead atoms. The van der Waals surface area contributed by atoms with E-state index in [-0.39, 0.29) is 11.4 Å². The summed E-state index contributed by atoms with van der Waals surface area (Å²) in [6.07, 6.45) is -9.01. The molecule has 0 radical (unpaired) electrons. The van der Waals surface area contributed by atoms with E-state index in [1.54, 1.807) is 30.3 Å². The van der Waals surface area contributed by atoms with E-state index in [1.807, 2.05) is 0 Å². The van der Waals surface area contributed by atoms with E-state index >= 15 is 0 Å². The first-order valence-electron chi connectivity index (χ1n) is 8.00. The van der Waals surface area contributed by atoms with E-state index in [0.29, 0.717) is 34.7 Å². The maximum absolute atomic E-state index is 13.1. The molecule has 0 aliphatic rings. The quantitative estimate of drug-likeness (QED) is 0.495. The Morgan fingerprint density at radius 2 is 1.45 bits per heavy atom. The van der Waals surface area contributed by atoms with Gasteiger partial charge in [-0.3, -0.25) is 9.36 Å². The molecule has 0 unspecified atom stereocenters. The van der Waals surface area contributed by atoms with Gasteiger partial charge in [-0.15, -0.1) is 0 Å². The fourth-order valence-electron chi connectivity index (χ4n) is 2.58. The van der Waals surface area contributed by atoms with Crippen molar-refractivity contribution >= 4 is 23.0 Å². The number of rotatable bonds is 3. The minimum Gasteiger partial charge on any atom is -0.354 e. The van der Waals surface area contributed by atoms with Gasteiger partial charge in [-0.25, -0.2) is 0 Å². The summed E-state index contributed by atoms with van der Waals surface area (Å²) in [4.78, 5) is 12.3. The van der Waals surface area contributed by atoms with Crippen molar-refractivity contribution in [2.75, 3.05) is 5.32 Å². The van der Waals surface area contributed by atoms with Gasteiger partial charge in [-0.2, -0.15) is 26.3 Å². The summed E-state index contributed by atoms with van der Waals surface area (Å²) in [6.45, 7) is 0. The van der Waals surface area contributed by atoms with Crippen LogP contribution in [0.5, 0.6) is 0 Å². The summed E-state index contributed by atoms with van der Waals surface area (Å²) in [5, 5.41) is 1.99. The van der Waals surface area contributed by atoms with Gasteiger partial charge in [0.15, 0.2) is 0 Å². The zero-order valence-corrected chi connectivity index (χ0v) is 15.0. The number of halogens is 7. The van der Waals surface area contributed by atoms with Crippen molar-refractivity contribution in [3.63, 3.8) is 0 Å². The second-order valence-corrected chi connectivity index (χ2v) is 6.38. The number of pyridine rings is 1. The third-order valence-electron chi connectivity index (χ3n) is 3.94. The molecular formula is C19H11ClF6N2O. The van der Waals surface area contributed by atoms with Crippen LogP contribution < -0.4 is 10.9 Å². The van der Waals surface area contributed by atoms with Crippen molar-refractivity contribution in [2.45, 2.75) is 12.4 Å². The summed E-state index contributed by atoms with van der Waals surface area (Å²) in [5.74, 6) is 0. The second kappa shape index (κ2) is 7.47. The van der Waals surface area contributed by atoms with Crippen molar-refractivity contribution in [2.24, 2.45) is 0 Å². The SMILES string of the molecule is O=c1c(Cl)cc(C(F)(F)F)cn1-c1ccc(C(F)(F)F)cc1Nc1ccccc1. The smallest absolute Gasteiger partial charge is 0.354 e. The number of nitrogens with zero attached hydrogens (tertiary/aromatic N) is 1. The Kier molecular flexibility index (Phi) is 5.36. The number of hydrogen-bond donors (Lipinski definition) is 1. The molecule has 2 aromatic carbocycles. The molecule has 10 heteroatoms. The van der Waals surface area contributed by atoms with Gasteiger partial charge in [0.05, 0.1) is 22.5 Å². The Balaban J connectivity index is 2.24. The van der Waals surface area contributed by atoms with Gasteiger partial charge in [0.25, 0.3) is 5.56 Å². The normalized spacial score (nSPS) is 12.1. The summed E-state index contributed by atoms with van der Waals surface area (Å²) in [5.41, 5.74) is -3.32. The van der Waals surface area contributed by atoms with Gasteiger partial charge in [-0.05, 0) is 36.4 Å². The molecule has 0 spiro atoms. The highest BCUT2D eigenvalue weighted by Crippen LogP contribution is 2.35. The molecule has 0 aliphatic heterocycles. The average Bonchev–Trinajstić information content (AvgIpc) is 2.63. The van der Waals surface area contributed by atoms with E-state index in [0.717, 1.165) is 6.07 Å². The Morgan fingerprint density at radius 3 is 2.03 bits per heavy atom. The number of anilines is 2. The first kappa shape index (κ1) is 20.8. The van der Waals surface area contributed by atoms with Gasteiger partial charge in [-0.1, -0.05) is 29.8 Å². The van der Waals surface area contributed by atoms with Gasteiger partial charge in [0.1, 0.15) is 5.02 Å². The van der Waals surface area contributed by atoms with E-state index in [4.69, 9.17) is 11.6 Å².